The summed E-state index contributed by atoms with van der Waals surface area (Å²) in [4.78, 5) is 0.208. The summed E-state index contributed by atoms with van der Waals surface area (Å²) in [6, 6.07) is 0. The molecule has 0 amide bonds. The number of rotatable bonds is 7. The van der Waals surface area contributed by atoms with Crippen molar-refractivity contribution in [2.75, 3.05) is 33.4 Å². The second-order valence-electron chi connectivity index (χ2n) is 4.24. The van der Waals surface area contributed by atoms with E-state index in [1.165, 1.54) is 16.1 Å². The Labute approximate surface area is 113 Å². The third kappa shape index (κ3) is 3.33. The van der Waals surface area contributed by atoms with Gasteiger partial charge in [0.2, 0.25) is 10.0 Å². The predicted molar refractivity (Wildman–Crippen MR) is 70.4 cm³/mol. The van der Waals surface area contributed by atoms with Gasteiger partial charge in [0.1, 0.15) is 4.90 Å². The first kappa shape index (κ1) is 16.1. The zero-order valence-corrected chi connectivity index (χ0v) is 12.6. The van der Waals surface area contributed by atoms with Crippen molar-refractivity contribution in [3.8, 4) is 0 Å². The molecule has 1 rings (SSSR count). The molecule has 0 atom stereocenters. The van der Waals surface area contributed by atoms with Crippen LogP contribution in [0, 0.1) is 13.8 Å². The molecular formula is C11H21N3O4S. The molecule has 0 aliphatic rings. The first-order valence-corrected chi connectivity index (χ1v) is 7.40. The van der Waals surface area contributed by atoms with Crippen LogP contribution in [0.15, 0.2) is 4.90 Å². The molecule has 1 aromatic rings. The Morgan fingerprint density at radius 1 is 1.37 bits per heavy atom. The maximum absolute atomic E-state index is 12.6. The van der Waals surface area contributed by atoms with E-state index in [1.807, 2.05) is 0 Å². The third-order valence-electron chi connectivity index (χ3n) is 2.93. The zero-order chi connectivity index (χ0) is 14.6. The standard InChI is InChI=1S/C11H21N3O4S/c1-9-11(10(2)13(3)12-9)19(16,17)14(5-7-15)6-8-18-4/h15H,5-8H2,1-4H3. The number of ether oxygens (including phenoxy) is 1. The lowest BCUT2D eigenvalue weighted by molar-refractivity contribution is 0.168. The van der Waals surface area contributed by atoms with Gasteiger partial charge in [-0.05, 0) is 13.8 Å². The van der Waals surface area contributed by atoms with Gasteiger partial charge in [0.05, 0.1) is 24.6 Å². The fourth-order valence-corrected chi connectivity index (χ4v) is 3.73. The van der Waals surface area contributed by atoms with Crippen LogP contribution in [0.3, 0.4) is 0 Å². The molecule has 0 aliphatic heterocycles. The molecule has 19 heavy (non-hydrogen) atoms. The average Bonchev–Trinajstić information content (AvgIpc) is 2.58. The van der Waals surface area contributed by atoms with Crippen LogP contribution in [-0.2, 0) is 21.8 Å². The molecule has 110 valence electrons. The molecule has 0 bridgehead atoms. The Balaban J connectivity index is 3.18. The summed E-state index contributed by atoms with van der Waals surface area (Å²) in [5, 5.41) is 13.1. The summed E-state index contributed by atoms with van der Waals surface area (Å²) < 4.78 is 32.8. The van der Waals surface area contributed by atoms with Crippen LogP contribution in [0.4, 0.5) is 0 Å². The van der Waals surface area contributed by atoms with Crippen molar-refractivity contribution in [2.24, 2.45) is 7.05 Å². The van der Waals surface area contributed by atoms with Crippen LogP contribution in [0.2, 0.25) is 0 Å². The third-order valence-corrected chi connectivity index (χ3v) is 5.09. The zero-order valence-electron chi connectivity index (χ0n) is 11.8. The van der Waals surface area contributed by atoms with Gasteiger partial charge < -0.3 is 9.84 Å². The average molecular weight is 291 g/mol. The molecule has 0 aromatic carbocycles. The van der Waals surface area contributed by atoms with Crippen LogP contribution in [0.5, 0.6) is 0 Å². The molecular weight excluding hydrogens is 270 g/mol. The smallest absolute Gasteiger partial charge is 0.246 e. The Kier molecular flexibility index (Phi) is 5.48. The van der Waals surface area contributed by atoms with Gasteiger partial charge >= 0.3 is 0 Å². The second-order valence-corrected chi connectivity index (χ2v) is 6.12. The van der Waals surface area contributed by atoms with Gasteiger partial charge in [-0.2, -0.15) is 9.40 Å². The molecule has 8 heteroatoms. The summed E-state index contributed by atoms with van der Waals surface area (Å²) in [6.07, 6.45) is 0. The van der Waals surface area contributed by atoms with E-state index in [9.17, 15) is 8.42 Å². The highest BCUT2D eigenvalue weighted by molar-refractivity contribution is 7.89. The Hall–Kier alpha value is -0.960. The van der Waals surface area contributed by atoms with Crippen molar-refractivity contribution in [3.63, 3.8) is 0 Å². The number of aliphatic hydroxyl groups is 1. The number of sulfonamides is 1. The number of methoxy groups -OCH3 is 1. The quantitative estimate of drug-likeness (QED) is 0.743. The second kappa shape index (κ2) is 6.47. The van der Waals surface area contributed by atoms with E-state index in [4.69, 9.17) is 9.84 Å². The molecule has 0 saturated heterocycles. The normalized spacial score (nSPS) is 12.3. The van der Waals surface area contributed by atoms with Gasteiger partial charge in [0.25, 0.3) is 0 Å². The fraction of sp³-hybridized carbons (Fsp3) is 0.727. The Morgan fingerprint density at radius 3 is 2.42 bits per heavy atom. The highest BCUT2D eigenvalue weighted by Gasteiger charge is 2.29. The highest BCUT2D eigenvalue weighted by Crippen LogP contribution is 2.22. The van der Waals surface area contributed by atoms with Crippen LogP contribution in [0.1, 0.15) is 11.4 Å². The maximum Gasteiger partial charge on any atom is 0.246 e. The Morgan fingerprint density at radius 2 is 2.00 bits per heavy atom. The van der Waals surface area contributed by atoms with Crippen molar-refractivity contribution in [3.05, 3.63) is 11.4 Å². The van der Waals surface area contributed by atoms with E-state index in [-0.39, 0.29) is 31.2 Å². The summed E-state index contributed by atoms with van der Waals surface area (Å²) in [7, 11) is -0.460. The molecule has 0 radical (unpaired) electrons. The Bertz CT molecular complexity index is 524. The lowest BCUT2D eigenvalue weighted by Crippen LogP contribution is -2.36. The van der Waals surface area contributed by atoms with Gasteiger partial charge in [-0.25, -0.2) is 8.42 Å². The number of aryl methyl sites for hydroxylation is 2. The number of aromatic nitrogens is 2. The van der Waals surface area contributed by atoms with Crippen LogP contribution in [-0.4, -0.2) is 61.0 Å². The number of nitrogens with zero attached hydrogens (tertiary/aromatic N) is 3. The van der Waals surface area contributed by atoms with E-state index in [0.29, 0.717) is 11.4 Å². The topological polar surface area (TPSA) is 84.7 Å². The van der Waals surface area contributed by atoms with Gasteiger partial charge in [0.15, 0.2) is 0 Å². The van der Waals surface area contributed by atoms with E-state index >= 15 is 0 Å². The summed E-state index contributed by atoms with van der Waals surface area (Å²) >= 11 is 0. The molecule has 1 heterocycles. The van der Waals surface area contributed by atoms with Crippen LogP contribution in [0.25, 0.3) is 0 Å². The van der Waals surface area contributed by atoms with Crippen molar-refractivity contribution < 1.29 is 18.3 Å². The minimum absolute atomic E-state index is 0.0411. The number of hydrogen-bond donors (Lipinski definition) is 1. The van der Waals surface area contributed by atoms with E-state index < -0.39 is 10.0 Å². The predicted octanol–water partition coefficient (Wildman–Crippen LogP) is -0.334. The summed E-state index contributed by atoms with van der Waals surface area (Å²) in [5.41, 5.74) is 1.04. The van der Waals surface area contributed by atoms with E-state index in [0.717, 1.165) is 0 Å². The number of hydrogen-bond acceptors (Lipinski definition) is 5. The summed E-state index contributed by atoms with van der Waals surface area (Å²) in [6.45, 7) is 3.65. The lowest BCUT2D eigenvalue weighted by Gasteiger charge is -2.21. The number of aliphatic hydroxyl groups excluding tert-OH is 1. The molecule has 0 spiro atoms. The van der Waals surface area contributed by atoms with E-state index in [1.54, 1.807) is 20.9 Å². The van der Waals surface area contributed by atoms with Gasteiger partial charge in [-0.3, -0.25) is 4.68 Å². The molecule has 1 N–H and O–H groups in total. The first-order valence-electron chi connectivity index (χ1n) is 5.96. The molecule has 7 nitrogen and oxygen atoms in total. The molecule has 1 aromatic heterocycles. The highest BCUT2D eigenvalue weighted by atomic mass is 32.2. The molecule has 0 saturated carbocycles. The van der Waals surface area contributed by atoms with Crippen LogP contribution < -0.4 is 0 Å². The maximum atomic E-state index is 12.6. The minimum Gasteiger partial charge on any atom is -0.395 e. The molecule has 0 unspecified atom stereocenters. The SMILES string of the molecule is COCCN(CCO)S(=O)(=O)c1c(C)nn(C)c1C. The van der Waals surface area contributed by atoms with Crippen molar-refractivity contribution >= 4 is 10.0 Å². The van der Waals surface area contributed by atoms with Crippen molar-refractivity contribution in [1.82, 2.24) is 14.1 Å². The van der Waals surface area contributed by atoms with Crippen molar-refractivity contribution in [1.29, 1.82) is 0 Å². The minimum atomic E-state index is -3.67. The molecule has 0 aliphatic carbocycles. The lowest BCUT2D eigenvalue weighted by atomic mass is 10.4. The molecule has 0 fully saturated rings. The van der Waals surface area contributed by atoms with Crippen molar-refractivity contribution in [2.45, 2.75) is 18.7 Å². The van der Waals surface area contributed by atoms with Crippen LogP contribution >= 0.6 is 0 Å². The van der Waals surface area contributed by atoms with Gasteiger partial charge in [-0.15, -0.1) is 0 Å². The van der Waals surface area contributed by atoms with Gasteiger partial charge in [0, 0.05) is 27.2 Å². The van der Waals surface area contributed by atoms with E-state index in [2.05, 4.69) is 5.10 Å². The van der Waals surface area contributed by atoms with Gasteiger partial charge in [-0.1, -0.05) is 0 Å². The fourth-order valence-electron chi connectivity index (χ4n) is 1.91. The monoisotopic (exact) mass is 291 g/mol. The first-order chi connectivity index (χ1) is 8.86. The summed E-state index contributed by atoms with van der Waals surface area (Å²) in [5.74, 6) is 0. The largest absolute Gasteiger partial charge is 0.395 e.